The second kappa shape index (κ2) is 6.06. The van der Waals surface area contributed by atoms with E-state index < -0.39 is 0 Å². The highest BCUT2D eigenvalue weighted by Crippen LogP contribution is 2.46. The predicted octanol–water partition coefficient (Wildman–Crippen LogP) is 2.40. The Morgan fingerprint density at radius 1 is 1.42 bits per heavy atom. The van der Waals surface area contributed by atoms with Gasteiger partial charge in [0.05, 0.1) is 6.20 Å². The molecule has 1 aromatic rings. The highest BCUT2D eigenvalue weighted by molar-refractivity contribution is 5.09. The number of hydrogen-bond donors (Lipinski definition) is 2. The summed E-state index contributed by atoms with van der Waals surface area (Å²) in [5.74, 6) is 6.62. The maximum atomic E-state index is 5.89. The van der Waals surface area contributed by atoms with Crippen molar-refractivity contribution < 1.29 is 0 Å². The molecule has 2 rings (SSSR count). The molecule has 1 fully saturated rings. The molecular weight excluding hydrogens is 236 g/mol. The van der Waals surface area contributed by atoms with Crippen molar-refractivity contribution in [3.8, 4) is 0 Å². The molecule has 0 spiro atoms. The summed E-state index contributed by atoms with van der Waals surface area (Å²) in [5, 5.41) is 4.26. The summed E-state index contributed by atoms with van der Waals surface area (Å²) in [6.45, 7) is 4.63. The molecule has 0 bridgehead atoms. The van der Waals surface area contributed by atoms with Gasteiger partial charge in [0.15, 0.2) is 0 Å². The molecule has 1 aromatic heterocycles. The molecule has 1 unspecified atom stereocenters. The van der Waals surface area contributed by atoms with Crippen molar-refractivity contribution in [2.24, 2.45) is 24.2 Å². The van der Waals surface area contributed by atoms with Crippen LogP contribution < -0.4 is 11.3 Å². The molecular formula is C15H28N4. The fraction of sp³-hybridized carbons (Fsp3) is 0.800. The fourth-order valence-electron chi connectivity index (χ4n) is 3.85. The van der Waals surface area contributed by atoms with Crippen LogP contribution in [0.25, 0.3) is 0 Å². The Labute approximate surface area is 116 Å². The van der Waals surface area contributed by atoms with Crippen molar-refractivity contribution in [2.45, 2.75) is 58.4 Å². The minimum absolute atomic E-state index is 0.363. The number of nitrogens with zero attached hydrogens (tertiary/aromatic N) is 2. The number of aromatic nitrogens is 2. The van der Waals surface area contributed by atoms with Gasteiger partial charge in [0.1, 0.15) is 0 Å². The number of hydrogen-bond acceptors (Lipinski definition) is 3. The molecule has 4 nitrogen and oxygen atoms in total. The van der Waals surface area contributed by atoms with E-state index in [2.05, 4.69) is 30.6 Å². The van der Waals surface area contributed by atoms with E-state index >= 15 is 0 Å². The van der Waals surface area contributed by atoms with Crippen molar-refractivity contribution in [3.63, 3.8) is 0 Å². The lowest BCUT2D eigenvalue weighted by Gasteiger charge is -2.38. The number of aryl methyl sites for hydroxylation is 1. The summed E-state index contributed by atoms with van der Waals surface area (Å²) in [6.07, 6.45) is 11.6. The molecule has 0 saturated heterocycles. The van der Waals surface area contributed by atoms with E-state index in [9.17, 15) is 0 Å². The molecule has 1 saturated carbocycles. The van der Waals surface area contributed by atoms with Gasteiger partial charge >= 0.3 is 0 Å². The third-order valence-electron chi connectivity index (χ3n) is 4.55. The van der Waals surface area contributed by atoms with Crippen LogP contribution in [-0.4, -0.2) is 15.8 Å². The van der Waals surface area contributed by atoms with Crippen molar-refractivity contribution >= 4 is 0 Å². The summed E-state index contributed by atoms with van der Waals surface area (Å²) in [6, 6.07) is 0.363. The number of nitrogens with one attached hydrogen (secondary N) is 1. The minimum atomic E-state index is 0.363. The van der Waals surface area contributed by atoms with Crippen LogP contribution in [0.15, 0.2) is 12.4 Å². The lowest BCUT2D eigenvalue weighted by molar-refractivity contribution is 0.154. The Kier molecular flexibility index (Phi) is 4.63. The summed E-state index contributed by atoms with van der Waals surface area (Å²) >= 11 is 0. The fourth-order valence-corrected chi connectivity index (χ4v) is 3.85. The number of nitrogens with two attached hydrogens (primary N) is 1. The van der Waals surface area contributed by atoms with Gasteiger partial charge in [-0.1, -0.05) is 26.7 Å². The quantitative estimate of drug-likeness (QED) is 0.613. The second-order valence-corrected chi connectivity index (χ2v) is 6.61. The summed E-state index contributed by atoms with van der Waals surface area (Å²) in [5.41, 5.74) is 4.76. The molecule has 1 heterocycles. The van der Waals surface area contributed by atoms with Gasteiger partial charge < -0.3 is 0 Å². The molecule has 108 valence electrons. The van der Waals surface area contributed by atoms with E-state index in [1.807, 2.05) is 17.9 Å². The molecule has 4 heteroatoms. The second-order valence-electron chi connectivity index (χ2n) is 6.61. The number of hydrazine groups is 1. The zero-order valence-electron chi connectivity index (χ0n) is 12.5. The van der Waals surface area contributed by atoms with Crippen LogP contribution >= 0.6 is 0 Å². The molecule has 1 atom stereocenters. The Bertz CT molecular complexity index is 391. The van der Waals surface area contributed by atoms with Gasteiger partial charge in [-0.3, -0.25) is 16.0 Å². The molecule has 0 aliphatic heterocycles. The van der Waals surface area contributed by atoms with Crippen LogP contribution in [0.5, 0.6) is 0 Å². The van der Waals surface area contributed by atoms with Gasteiger partial charge in [-0.2, -0.15) is 5.10 Å². The highest BCUT2D eigenvalue weighted by atomic mass is 15.3. The van der Waals surface area contributed by atoms with Crippen LogP contribution in [0.4, 0.5) is 0 Å². The van der Waals surface area contributed by atoms with Gasteiger partial charge in [0.2, 0.25) is 0 Å². The highest BCUT2D eigenvalue weighted by Gasteiger charge is 2.41. The van der Waals surface area contributed by atoms with E-state index in [4.69, 9.17) is 5.84 Å². The topological polar surface area (TPSA) is 55.9 Å². The Morgan fingerprint density at radius 2 is 2.11 bits per heavy atom. The smallest absolute Gasteiger partial charge is 0.0522 e. The van der Waals surface area contributed by atoms with Crippen LogP contribution in [0.2, 0.25) is 0 Å². The first-order valence-corrected chi connectivity index (χ1v) is 7.49. The van der Waals surface area contributed by atoms with Gasteiger partial charge in [-0.15, -0.1) is 0 Å². The maximum Gasteiger partial charge on any atom is 0.0522 e. The average Bonchev–Trinajstić information content (AvgIpc) is 2.95. The third-order valence-corrected chi connectivity index (χ3v) is 4.55. The first kappa shape index (κ1) is 14.5. The van der Waals surface area contributed by atoms with E-state index in [-0.39, 0.29) is 0 Å². The SMILES string of the molecule is CC(C)CC1(C(Cc2cnn(C)c2)NN)CCCC1. The summed E-state index contributed by atoms with van der Waals surface area (Å²) in [4.78, 5) is 0. The van der Waals surface area contributed by atoms with Crippen LogP contribution in [0.1, 0.15) is 51.5 Å². The van der Waals surface area contributed by atoms with Crippen molar-refractivity contribution in [1.29, 1.82) is 0 Å². The molecule has 0 aromatic carbocycles. The lowest BCUT2D eigenvalue weighted by Crippen LogP contribution is -2.49. The average molecular weight is 264 g/mol. The normalized spacial score (nSPS) is 20.1. The standard InChI is InChI=1S/C15H28N4/c1-12(2)9-15(6-4-5-7-15)14(18-16)8-13-10-17-19(3)11-13/h10-12,14,18H,4-9,16H2,1-3H3. The van der Waals surface area contributed by atoms with E-state index in [1.54, 1.807) is 0 Å². The van der Waals surface area contributed by atoms with Crippen molar-refractivity contribution in [1.82, 2.24) is 15.2 Å². The van der Waals surface area contributed by atoms with Crippen molar-refractivity contribution in [2.75, 3.05) is 0 Å². The monoisotopic (exact) mass is 264 g/mol. The third kappa shape index (κ3) is 3.37. The first-order valence-electron chi connectivity index (χ1n) is 7.49. The van der Waals surface area contributed by atoms with E-state index in [1.165, 1.54) is 37.7 Å². The van der Waals surface area contributed by atoms with Gasteiger partial charge in [-0.25, -0.2) is 0 Å². The molecule has 3 N–H and O–H groups in total. The zero-order chi connectivity index (χ0) is 13.9. The largest absolute Gasteiger partial charge is 0.276 e. The van der Waals surface area contributed by atoms with Crippen LogP contribution in [0.3, 0.4) is 0 Å². The van der Waals surface area contributed by atoms with Gasteiger partial charge in [0.25, 0.3) is 0 Å². The van der Waals surface area contributed by atoms with Crippen LogP contribution in [-0.2, 0) is 13.5 Å². The number of rotatable bonds is 6. The zero-order valence-corrected chi connectivity index (χ0v) is 12.5. The van der Waals surface area contributed by atoms with Crippen molar-refractivity contribution in [3.05, 3.63) is 18.0 Å². The molecule has 0 amide bonds. The first-order chi connectivity index (χ1) is 9.05. The van der Waals surface area contributed by atoms with Crippen LogP contribution in [0, 0.1) is 11.3 Å². The van der Waals surface area contributed by atoms with Gasteiger partial charge in [0, 0.05) is 19.3 Å². The predicted molar refractivity (Wildman–Crippen MR) is 78.4 cm³/mol. The maximum absolute atomic E-state index is 5.89. The molecule has 19 heavy (non-hydrogen) atoms. The van der Waals surface area contributed by atoms with E-state index in [0.717, 1.165) is 12.3 Å². The molecule has 0 radical (unpaired) electrons. The molecule has 1 aliphatic carbocycles. The Balaban J connectivity index is 2.13. The minimum Gasteiger partial charge on any atom is -0.276 e. The summed E-state index contributed by atoms with van der Waals surface area (Å²) in [7, 11) is 1.97. The Morgan fingerprint density at radius 3 is 2.58 bits per heavy atom. The van der Waals surface area contributed by atoms with Gasteiger partial charge in [-0.05, 0) is 42.6 Å². The lowest BCUT2D eigenvalue weighted by atomic mass is 9.71. The Hall–Kier alpha value is -0.870. The summed E-state index contributed by atoms with van der Waals surface area (Å²) < 4.78 is 1.87. The van der Waals surface area contributed by atoms with E-state index in [0.29, 0.717) is 11.5 Å². The molecule has 1 aliphatic rings.